The molecule has 104 valence electrons. The van der Waals surface area contributed by atoms with E-state index in [2.05, 4.69) is 15.4 Å². The second-order valence-electron chi connectivity index (χ2n) is 3.91. The third-order valence-corrected chi connectivity index (χ3v) is 2.34. The predicted molar refractivity (Wildman–Crippen MR) is 57.2 cm³/mol. The molecule has 1 amide bonds. The molecular weight excluding hydrogens is 250 g/mol. The highest BCUT2D eigenvalue weighted by molar-refractivity contribution is 5.80. The molecule has 0 radical (unpaired) electrons. The second kappa shape index (κ2) is 6.60. The average molecular weight is 266 g/mol. The number of carbonyl (C=O) groups excluding carboxylic acids is 2. The Morgan fingerprint density at radius 3 is 2.89 bits per heavy atom. The first-order chi connectivity index (χ1) is 8.45. The van der Waals surface area contributed by atoms with Crippen LogP contribution in [0.5, 0.6) is 0 Å². The van der Waals surface area contributed by atoms with Crippen molar-refractivity contribution in [1.29, 1.82) is 0 Å². The van der Waals surface area contributed by atoms with Crippen LogP contribution in [0.15, 0.2) is 0 Å². The van der Waals surface area contributed by atoms with Crippen molar-refractivity contribution in [2.75, 3.05) is 33.4 Å². The van der Waals surface area contributed by atoms with Crippen LogP contribution in [0.2, 0.25) is 0 Å². The molecule has 8 heteroatoms. The van der Waals surface area contributed by atoms with Gasteiger partial charge in [-0.15, -0.1) is 0 Å². The summed E-state index contributed by atoms with van der Waals surface area (Å²) < 4.78 is 34.8. The van der Waals surface area contributed by atoms with Crippen LogP contribution in [-0.2, 0) is 19.1 Å². The van der Waals surface area contributed by atoms with Crippen LogP contribution in [0.4, 0.5) is 8.78 Å². The zero-order chi connectivity index (χ0) is 13.6. The number of cyclic esters (lactones) is 1. The maximum absolute atomic E-state index is 12.8. The van der Waals surface area contributed by atoms with Crippen molar-refractivity contribution < 1.29 is 27.8 Å². The molecule has 1 saturated heterocycles. The number of amides is 1. The zero-order valence-corrected chi connectivity index (χ0v) is 10.0. The molecule has 6 nitrogen and oxygen atoms in total. The molecule has 0 spiro atoms. The lowest BCUT2D eigenvalue weighted by atomic mass is 10.2. The molecule has 0 aromatic carbocycles. The second-order valence-corrected chi connectivity index (χ2v) is 3.91. The molecule has 1 aliphatic heterocycles. The van der Waals surface area contributed by atoms with Gasteiger partial charge in [-0.05, 0) is 0 Å². The predicted octanol–water partition coefficient (Wildman–Crippen LogP) is -0.711. The summed E-state index contributed by atoms with van der Waals surface area (Å²) in [5.74, 6) is -5.19. The molecule has 0 aromatic heterocycles. The highest BCUT2D eigenvalue weighted by Crippen LogP contribution is 2.30. The standard InChI is InChI=1S/C10H16F2N2O4/c1-17-3-2-14-8(15)6-13-5-7-4-10(11,12)9(16)18-7/h7,13H,2-6H2,1H3,(H,14,15). The van der Waals surface area contributed by atoms with Crippen LogP contribution in [-0.4, -0.2) is 57.3 Å². The van der Waals surface area contributed by atoms with Crippen molar-refractivity contribution in [3.63, 3.8) is 0 Å². The van der Waals surface area contributed by atoms with Gasteiger partial charge in [0.05, 0.1) is 19.6 Å². The molecule has 18 heavy (non-hydrogen) atoms. The lowest BCUT2D eigenvalue weighted by molar-refractivity contribution is -0.158. The fourth-order valence-corrected chi connectivity index (χ4v) is 1.46. The molecule has 1 atom stereocenters. The third kappa shape index (κ3) is 4.53. The van der Waals surface area contributed by atoms with Gasteiger partial charge in [-0.25, -0.2) is 4.79 Å². The maximum Gasteiger partial charge on any atom is 0.377 e. The number of halogens is 2. The minimum atomic E-state index is -3.41. The molecule has 1 aliphatic rings. The summed E-state index contributed by atoms with van der Waals surface area (Å²) in [7, 11) is 1.51. The van der Waals surface area contributed by atoms with Gasteiger partial charge in [-0.2, -0.15) is 8.78 Å². The van der Waals surface area contributed by atoms with Gasteiger partial charge in [0, 0.05) is 20.2 Å². The normalized spacial score (nSPS) is 21.7. The first-order valence-corrected chi connectivity index (χ1v) is 5.51. The first-order valence-electron chi connectivity index (χ1n) is 5.51. The molecule has 1 heterocycles. The smallest absolute Gasteiger partial charge is 0.377 e. The van der Waals surface area contributed by atoms with E-state index >= 15 is 0 Å². The van der Waals surface area contributed by atoms with Crippen LogP contribution in [0.1, 0.15) is 6.42 Å². The first kappa shape index (κ1) is 14.8. The summed E-state index contributed by atoms with van der Waals surface area (Å²) in [5, 5.41) is 5.20. The number of ether oxygens (including phenoxy) is 2. The lowest BCUT2D eigenvalue weighted by Gasteiger charge is -2.10. The number of hydrogen-bond acceptors (Lipinski definition) is 5. The minimum Gasteiger partial charge on any atom is -0.456 e. The minimum absolute atomic E-state index is 0.0245. The van der Waals surface area contributed by atoms with Crippen LogP contribution >= 0.6 is 0 Å². The van der Waals surface area contributed by atoms with E-state index in [1.165, 1.54) is 7.11 Å². The summed E-state index contributed by atoms with van der Waals surface area (Å²) >= 11 is 0. The van der Waals surface area contributed by atoms with E-state index in [0.717, 1.165) is 0 Å². The van der Waals surface area contributed by atoms with Crippen molar-refractivity contribution in [3.8, 4) is 0 Å². The Hall–Kier alpha value is -1.28. The van der Waals surface area contributed by atoms with E-state index in [1.54, 1.807) is 0 Å². The van der Waals surface area contributed by atoms with Gasteiger partial charge < -0.3 is 20.1 Å². The topological polar surface area (TPSA) is 76.7 Å². The number of esters is 1. The molecule has 0 aliphatic carbocycles. The molecule has 1 rings (SSSR count). The van der Waals surface area contributed by atoms with E-state index in [0.29, 0.717) is 13.2 Å². The van der Waals surface area contributed by atoms with Gasteiger partial charge in [0.15, 0.2) is 0 Å². The van der Waals surface area contributed by atoms with Gasteiger partial charge in [0.2, 0.25) is 5.91 Å². The number of carbonyl (C=O) groups is 2. The summed E-state index contributed by atoms with van der Waals surface area (Å²) in [6.07, 6.45) is -1.54. The molecule has 1 fully saturated rings. The summed E-state index contributed by atoms with van der Waals surface area (Å²) in [6.45, 7) is 0.786. The van der Waals surface area contributed by atoms with Gasteiger partial charge in [-0.3, -0.25) is 4.79 Å². The van der Waals surface area contributed by atoms with E-state index in [1.807, 2.05) is 0 Å². The van der Waals surface area contributed by atoms with Gasteiger partial charge in [-0.1, -0.05) is 0 Å². The fraction of sp³-hybridized carbons (Fsp3) is 0.800. The van der Waals surface area contributed by atoms with Crippen molar-refractivity contribution >= 4 is 11.9 Å². The van der Waals surface area contributed by atoms with Gasteiger partial charge in [0.1, 0.15) is 6.10 Å². The van der Waals surface area contributed by atoms with Crippen LogP contribution in [0, 0.1) is 0 Å². The summed E-state index contributed by atoms with van der Waals surface area (Å²) in [5.41, 5.74) is 0. The molecule has 0 bridgehead atoms. The van der Waals surface area contributed by atoms with Crippen LogP contribution in [0.25, 0.3) is 0 Å². The fourth-order valence-electron chi connectivity index (χ4n) is 1.46. The van der Waals surface area contributed by atoms with Crippen LogP contribution < -0.4 is 10.6 Å². The third-order valence-electron chi connectivity index (χ3n) is 2.34. The van der Waals surface area contributed by atoms with E-state index in [9.17, 15) is 18.4 Å². The Balaban J connectivity index is 2.12. The largest absolute Gasteiger partial charge is 0.456 e. The van der Waals surface area contributed by atoms with Crippen LogP contribution in [0.3, 0.4) is 0 Å². The molecule has 1 unspecified atom stereocenters. The van der Waals surface area contributed by atoms with E-state index in [-0.39, 0.29) is 19.0 Å². The van der Waals surface area contributed by atoms with Gasteiger partial charge in [0.25, 0.3) is 0 Å². The maximum atomic E-state index is 12.8. The number of nitrogens with one attached hydrogen (secondary N) is 2. The Labute approximate surface area is 103 Å². The number of hydrogen-bond donors (Lipinski definition) is 2. The molecule has 0 aromatic rings. The number of alkyl halides is 2. The SMILES string of the molecule is COCCNC(=O)CNCC1CC(F)(F)C(=O)O1. The highest BCUT2D eigenvalue weighted by atomic mass is 19.3. The Morgan fingerprint density at radius 1 is 1.61 bits per heavy atom. The molecular formula is C10H16F2N2O4. The number of rotatable bonds is 7. The zero-order valence-electron chi connectivity index (χ0n) is 10.0. The highest BCUT2D eigenvalue weighted by Gasteiger charge is 2.50. The quantitative estimate of drug-likeness (QED) is 0.470. The monoisotopic (exact) mass is 266 g/mol. The Morgan fingerprint density at radius 2 is 2.33 bits per heavy atom. The average Bonchev–Trinajstić information content (AvgIpc) is 2.53. The molecule has 2 N–H and O–H groups in total. The van der Waals surface area contributed by atoms with E-state index < -0.39 is 24.4 Å². The van der Waals surface area contributed by atoms with E-state index in [4.69, 9.17) is 4.74 Å². The van der Waals surface area contributed by atoms with Crippen molar-refractivity contribution in [2.45, 2.75) is 18.4 Å². The summed E-state index contributed by atoms with van der Waals surface area (Å²) in [6, 6.07) is 0. The van der Waals surface area contributed by atoms with Crippen molar-refractivity contribution in [1.82, 2.24) is 10.6 Å². The van der Waals surface area contributed by atoms with Gasteiger partial charge >= 0.3 is 11.9 Å². The Kier molecular flexibility index (Phi) is 5.42. The molecule has 0 saturated carbocycles. The van der Waals surface area contributed by atoms with Crippen molar-refractivity contribution in [2.24, 2.45) is 0 Å². The summed E-state index contributed by atoms with van der Waals surface area (Å²) in [4.78, 5) is 21.9. The number of methoxy groups -OCH3 is 1. The van der Waals surface area contributed by atoms with Crippen molar-refractivity contribution in [3.05, 3.63) is 0 Å². The lowest BCUT2D eigenvalue weighted by Crippen LogP contribution is -2.38. The Bertz CT molecular complexity index is 312.